The maximum absolute atomic E-state index is 13.3. The lowest BCUT2D eigenvalue weighted by Gasteiger charge is -2.22. The second-order valence-electron chi connectivity index (χ2n) is 6.86. The highest BCUT2D eigenvalue weighted by Gasteiger charge is 2.27. The van der Waals surface area contributed by atoms with Crippen LogP contribution in [0.25, 0.3) is 0 Å². The summed E-state index contributed by atoms with van der Waals surface area (Å²) in [6.45, 7) is 1.39. The number of amides is 1. The highest BCUT2D eigenvalue weighted by molar-refractivity contribution is 7.89. The molecule has 1 N–H and O–H groups in total. The van der Waals surface area contributed by atoms with Gasteiger partial charge in [0.1, 0.15) is 0 Å². The van der Waals surface area contributed by atoms with Crippen molar-refractivity contribution in [3.63, 3.8) is 0 Å². The highest BCUT2D eigenvalue weighted by atomic mass is 35.5. The Morgan fingerprint density at radius 3 is 2.23 bits per heavy atom. The van der Waals surface area contributed by atoms with Gasteiger partial charge in [0.05, 0.1) is 11.4 Å². The van der Waals surface area contributed by atoms with Crippen LogP contribution in [0.2, 0.25) is 15.1 Å². The van der Waals surface area contributed by atoms with Crippen LogP contribution < -0.4 is 5.32 Å². The van der Waals surface area contributed by atoms with Gasteiger partial charge >= 0.3 is 0 Å². The molecule has 0 aliphatic rings. The lowest BCUT2D eigenvalue weighted by Crippen LogP contribution is -2.37. The molecule has 0 saturated heterocycles. The molecule has 0 spiro atoms. The lowest BCUT2D eigenvalue weighted by molar-refractivity contribution is -0.116. The van der Waals surface area contributed by atoms with E-state index in [0.717, 1.165) is 9.87 Å². The third-order valence-electron chi connectivity index (χ3n) is 4.49. The number of rotatable bonds is 7. The molecule has 31 heavy (non-hydrogen) atoms. The van der Waals surface area contributed by atoms with E-state index >= 15 is 0 Å². The predicted molar refractivity (Wildman–Crippen MR) is 125 cm³/mol. The van der Waals surface area contributed by atoms with Crippen LogP contribution in [-0.4, -0.2) is 25.2 Å². The number of aryl methyl sites for hydroxylation is 1. The number of anilines is 1. The van der Waals surface area contributed by atoms with Gasteiger partial charge in [0.2, 0.25) is 15.9 Å². The zero-order chi connectivity index (χ0) is 22.6. The maximum atomic E-state index is 13.3. The fourth-order valence-electron chi connectivity index (χ4n) is 2.90. The SMILES string of the molecule is Cc1ccc(Cl)cc1NC(=O)CN(Cc1cccc(Cl)c1)S(=O)(=O)c1ccc(Cl)cc1. The van der Waals surface area contributed by atoms with Crippen LogP contribution in [0.5, 0.6) is 0 Å². The van der Waals surface area contributed by atoms with E-state index in [2.05, 4.69) is 5.32 Å². The van der Waals surface area contributed by atoms with Gasteiger partial charge in [0.25, 0.3) is 0 Å². The average Bonchev–Trinajstić information content (AvgIpc) is 2.70. The summed E-state index contributed by atoms with van der Waals surface area (Å²) in [6.07, 6.45) is 0. The van der Waals surface area contributed by atoms with Crippen LogP contribution in [0.4, 0.5) is 5.69 Å². The van der Waals surface area contributed by atoms with E-state index in [1.807, 2.05) is 6.92 Å². The largest absolute Gasteiger partial charge is 0.325 e. The Morgan fingerprint density at radius 1 is 0.903 bits per heavy atom. The zero-order valence-corrected chi connectivity index (χ0v) is 19.6. The summed E-state index contributed by atoms with van der Waals surface area (Å²) in [7, 11) is -3.99. The summed E-state index contributed by atoms with van der Waals surface area (Å²) in [4.78, 5) is 12.8. The molecule has 3 aromatic rings. The van der Waals surface area contributed by atoms with Crippen molar-refractivity contribution in [1.82, 2.24) is 4.31 Å². The van der Waals surface area contributed by atoms with E-state index in [4.69, 9.17) is 34.8 Å². The van der Waals surface area contributed by atoms with Crippen LogP contribution >= 0.6 is 34.8 Å². The molecule has 5 nitrogen and oxygen atoms in total. The van der Waals surface area contributed by atoms with Crippen LogP contribution in [-0.2, 0) is 21.4 Å². The number of carbonyl (C=O) groups excluding carboxylic acids is 1. The Morgan fingerprint density at radius 2 is 1.55 bits per heavy atom. The van der Waals surface area contributed by atoms with Crippen molar-refractivity contribution in [2.24, 2.45) is 0 Å². The molecule has 0 aliphatic heterocycles. The summed E-state index contributed by atoms with van der Waals surface area (Å²) in [5, 5.41) is 4.08. The Hall–Kier alpha value is -2.09. The van der Waals surface area contributed by atoms with Gasteiger partial charge in [0, 0.05) is 27.3 Å². The smallest absolute Gasteiger partial charge is 0.243 e. The number of hydrogen-bond donors (Lipinski definition) is 1. The van der Waals surface area contributed by atoms with Gasteiger partial charge in [-0.25, -0.2) is 8.42 Å². The molecule has 0 radical (unpaired) electrons. The lowest BCUT2D eigenvalue weighted by atomic mass is 10.2. The molecule has 3 rings (SSSR count). The number of halogens is 3. The maximum Gasteiger partial charge on any atom is 0.243 e. The minimum absolute atomic E-state index is 0.0330. The van der Waals surface area contributed by atoms with Gasteiger partial charge in [0.15, 0.2) is 0 Å². The van der Waals surface area contributed by atoms with E-state index in [-0.39, 0.29) is 11.4 Å². The first-order chi connectivity index (χ1) is 14.6. The van der Waals surface area contributed by atoms with Crippen molar-refractivity contribution in [2.75, 3.05) is 11.9 Å². The Kier molecular flexibility index (Phi) is 7.62. The standard InChI is InChI=1S/C22H19Cl3N2O3S/c1-15-5-6-19(25)12-21(15)26-22(28)14-27(13-16-3-2-4-18(24)11-16)31(29,30)20-9-7-17(23)8-10-20/h2-12H,13-14H2,1H3,(H,26,28). The van der Waals surface area contributed by atoms with Gasteiger partial charge in [-0.15, -0.1) is 0 Å². The van der Waals surface area contributed by atoms with Crippen molar-refractivity contribution in [3.8, 4) is 0 Å². The van der Waals surface area contributed by atoms with Crippen LogP contribution in [0.1, 0.15) is 11.1 Å². The van der Waals surface area contributed by atoms with Crippen molar-refractivity contribution in [3.05, 3.63) is 92.9 Å². The van der Waals surface area contributed by atoms with Gasteiger partial charge in [-0.05, 0) is 66.6 Å². The molecular formula is C22H19Cl3N2O3S. The minimum Gasteiger partial charge on any atom is -0.325 e. The molecule has 3 aromatic carbocycles. The summed E-state index contributed by atoms with van der Waals surface area (Å²) in [5.41, 5.74) is 1.97. The Bertz CT molecular complexity index is 1200. The van der Waals surface area contributed by atoms with Crippen molar-refractivity contribution >= 4 is 56.4 Å². The summed E-state index contributed by atoms with van der Waals surface area (Å²) in [5.74, 6) is -0.495. The number of benzene rings is 3. The number of nitrogens with zero attached hydrogens (tertiary/aromatic N) is 1. The monoisotopic (exact) mass is 496 g/mol. The van der Waals surface area contributed by atoms with E-state index < -0.39 is 22.5 Å². The van der Waals surface area contributed by atoms with Gasteiger partial charge in [-0.2, -0.15) is 4.31 Å². The average molecular weight is 498 g/mol. The molecule has 0 unspecified atom stereocenters. The first kappa shape index (κ1) is 23.6. The fraction of sp³-hybridized carbons (Fsp3) is 0.136. The molecule has 9 heteroatoms. The summed E-state index contributed by atoms with van der Waals surface area (Å²) >= 11 is 18.0. The van der Waals surface area contributed by atoms with E-state index in [1.165, 1.54) is 24.3 Å². The first-order valence-electron chi connectivity index (χ1n) is 9.21. The molecule has 0 bridgehead atoms. The van der Waals surface area contributed by atoms with Crippen LogP contribution in [0.15, 0.2) is 71.6 Å². The van der Waals surface area contributed by atoms with Gasteiger partial charge < -0.3 is 5.32 Å². The van der Waals surface area contributed by atoms with Crippen molar-refractivity contribution < 1.29 is 13.2 Å². The second kappa shape index (κ2) is 10.0. The van der Waals surface area contributed by atoms with Crippen molar-refractivity contribution in [1.29, 1.82) is 0 Å². The number of sulfonamides is 1. The van der Waals surface area contributed by atoms with E-state index in [9.17, 15) is 13.2 Å². The molecule has 0 aliphatic carbocycles. The minimum atomic E-state index is -3.99. The van der Waals surface area contributed by atoms with E-state index in [1.54, 1.807) is 42.5 Å². The topological polar surface area (TPSA) is 66.5 Å². The Labute approximate surface area is 196 Å². The van der Waals surface area contributed by atoms with Crippen molar-refractivity contribution in [2.45, 2.75) is 18.4 Å². The molecule has 1 amide bonds. The highest BCUT2D eigenvalue weighted by Crippen LogP contribution is 2.23. The van der Waals surface area contributed by atoms with Crippen LogP contribution in [0.3, 0.4) is 0 Å². The third kappa shape index (κ3) is 6.21. The van der Waals surface area contributed by atoms with E-state index in [0.29, 0.717) is 26.3 Å². The first-order valence-corrected chi connectivity index (χ1v) is 11.8. The summed E-state index contributed by atoms with van der Waals surface area (Å²) < 4.78 is 27.7. The zero-order valence-electron chi connectivity index (χ0n) is 16.5. The quantitative estimate of drug-likeness (QED) is 0.449. The Balaban J connectivity index is 1.90. The fourth-order valence-corrected chi connectivity index (χ4v) is 4.79. The molecule has 0 atom stereocenters. The second-order valence-corrected chi connectivity index (χ2v) is 10.1. The number of nitrogens with one attached hydrogen (secondary N) is 1. The number of hydrogen-bond acceptors (Lipinski definition) is 3. The molecule has 0 saturated carbocycles. The third-order valence-corrected chi connectivity index (χ3v) is 7.02. The van der Waals surface area contributed by atoms with Crippen LogP contribution in [0, 0.1) is 6.92 Å². The normalized spacial score (nSPS) is 11.5. The molecule has 0 heterocycles. The number of carbonyl (C=O) groups is 1. The predicted octanol–water partition coefficient (Wildman–Crippen LogP) is 5.78. The summed E-state index contributed by atoms with van der Waals surface area (Å²) in [6, 6.07) is 17.7. The van der Waals surface area contributed by atoms with Gasteiger partial charge in [-0.1, -0.05) is 53.0 Å². The molecule has 162 valence electrons. The molecular weight excluding hydrogens is 479 g/mol. The molecule has 0 fully saturated rings. The molecule has 0 aromatic heterocycles. The van der Waals surface area contributed by atoms with Gasteiger partial charge in [-0.3, -0.25) is 4.79 Å².